The highest BCUT2D eigenvalue weighted by molar-refractivity contribution is 5.45. The van der Waals surface area contributed by atoms with Gasteiger partial charge in [-0.05, 0) is 91.4 Å². The van der Waals surface area contributed by atoms with Gasteiger partial charge >= 0.3 is 18.5 Å². The van der Waals surface area contributed by atoms with Crippen molar-refractivity contribution in [2.24, 2.45) is 23.7 Å². The van der Waals surface area contributed by atoms with Crippen LogP contribution >= 0.6 is 0 Å². The molecule has 2 aliphatic heterocycles. The molecule has 2 aliphatic carbocycles. The number of phenolic OH excluding ortho intramolecular Hbond substituents is 1. The van der Waals surface area contributed by atoms with Gasteiger partial charge in [-0.15, -0.1) is 0 Å². The summed E-state index contributed by atoms with van der Waals surface area (Å²) in [6.45, 7) is 5.22. The SMILES string of the molecule is C.COCOc1cc(C(F)(F)F)ccc1OC1[C@@H]2CCC[C@H]1CN(Cc1ccccc1)C2.COCOc1cc(C(F)(F)F)ccc1OC1[C@@H]2CCC[C@H]1CN(Cc1ccccc1)C2.Oc1cc(C(F)(F)F)ccc1F. The van der Waals surface area contributed by atoms with Crippen molar-refractivity contribution in [3.63, 3.8) is 0 Å². The molecule has 5 aromatic carbocycles. The average Bonchev–Trinajstić information content (AvgIpc) is 3.34. The number of methoxy groups -OCH3 is 2. The molecule has 6 atom stereocenters. The number of phenols is 1. The van der Waals surface area contributed by atoms with Crippen molar-refractivity contribution < 1.29 is 77.4 Å². The van der Waals surface area contributed by atoms with Crippen molar-refractivity contribution in [2.45, 2.75) is 89.8 Å². The molecule has 1 N–H and O–H groups in total. The van der Waals surface area contributed by atoms with E-state index in [0.29, 0.717) is 53.4 Å². The van der Waals surface area contributed by atoms with E-state index in [9.17, 15) is 43.9 Å². The van der Waals surface area contributed by atoms with E-state index >= 15 is 0 Å². The summed E-state index contributed by atoms with van der Waals surface area (Å²) in [5, 5.41) is 8.59. The molecule has 4 aliphatic rings. The summed E-state index contributed by atoms with van der Waals surface area (Å²) in [5.41, 5.74) is -0.00933. The Morgan fingerprint density at radius 3 is 1.16 bits per heavy atom. The number of hydrogen-bond donors (Lipinski definition) is 1. The quantitative estimate of drug-likeness (QED) is 0.0864. The van der Waals surface area contributed by atoms with Crippen LogP contribution in [0.4, 0.5) is 43.9 Å². The highest BCUT2D eigenvalue weighted by atomic mass is 19.4. The zero-order chi connectivity index (χ0) is 53.0. The maximum atomic E-state index is 13.2. The number of piperidine rings is 2. The second-order valence-electron chi connectivity index (χ2n) is 19.0. The van der Waals surface area contributed by atoms with Gasteiger partial charge in [0.15, 0.2) is 48.2 Å². The van der Waals surface area contributed by atoms with Crippen LogP contribution in [-0.4, -0.2) is 81.1 Å². The fraction of sp³-hybridized carbons (Fsp3) is 0.464. The number of benzene rings is 5. The van der Waals surface area contributed by atoms with Crippen LogP contribution < -0.4 is 18.9 Å². The predicted molar refractivity (Wildman–Crippen MR) is 262 cm³/mol. The number of fused-ring (bicyclic) bond motifs is 4. The van der Waals surface area contributed by atoms with E-state index in [2.05, 4.69) is 58.3 Å². The fourth-order valence-electron chi connectivity index (χ4n) is 10.3. The summed E-state index contributed by atoms with van der Waals surface area (Å²) < 4.78 is 160. The molecule has 9 nitrogen and oxygen atoms in total. The number of likely N-dealkylation sites (tertiary alicyclic amines) is 2. The topological polar surface area (TPSA) is 82.1 Å². The summed E-state index contributed by atoms with van der Waals surface area (Å²) >= 11 is 0. The lowest BCUT2D eigenvalue weighted by atomic mass is 9.75. The number of aromatic hydroxyl groups is 1. The standard InChI is InChI=1S/2C24H28F3NO3.C7H4F4O.CH4/c2*1-29-16-30-22-12-20(24(25,26)27)10-11-21(22)31-23-18-8-5-9-19(23)15-28(14-18)13-17-6-3-2-4-7-17;8-5-2-1-4(3-6(5)12)7(9,10)11;/h2*2-4,6-7,10-12,18-19,23H,5,8-9,13-16H2,1H3;1-3,12H;1H4/t2*18-,19+,23?;;. The van der Waals surface area contributed by atoms with Crippen LogP contribution in [0.3, 0.4) is 0 Å². The van der Waals surface area contributed by atoms with Crippen molar-refractivity contribution >= 4 is 0 Å². The highest BCUT2D eigenvalue weighted by Crippen LogP contribution is 2.44. The third kappa shape index (κ3) is 16.4. The summed E-state index contributed by atoms with van der Waals surface area (Å²) in [6.07, 6.45) is -6.93. The molecule has 19 heteroatoms. The Morgan fingerprint density at radius 1 is 0.480 bits per heavy atom. The lowest BCUT2D eigenvalue weighted by Crippen LogP contribution is -2.53. The van der Waals surface area contributed by atoms with E-state index in [1.807, 2.05) is 12.1 Å². The molecule has 0 aromatic heterocycles. The van der Waals surface area contributed by atoms with Gasteiger partial charge < -0.3 is 33.5 Å². The van der Waals surface area contributed by atoms with E-state index in [1.54, 1.807) is 0 Å². The van der Waals surface area contributed by atoms with Gasteiger partial charge in [-0.3, -0.25) is 9.80 Å². The van der Waals surface area contributed by atoms with Gasteiger partial charge in [0.25, 0.3) is 0 Å². The minimum atomic E-state index is -4.55. The van der Waals surface area contributed by atoms with Crippen LogP contribution in [0.25, 0.3) is 0 Å². The Bertz CT molecular complexity index is 2360. The van der Waals surface area contributed by atoms with Crippen LogP contribution in [-0.2, 0) is 41.1 Å². The molecule has 9 rings (SSSR count). The first kappa shape index (κ1) is 58.5. The van der Waals surface area contributed by atoms with Gasteiger partial charge in [-0.1, -0.05) is 80.9 Å². The monoisotopic (exact) mass is 1070 g/mol. The Labute approximate surface area is 431 Å². The van der Waals surface area contributed by atoms with Gasteiger partial charge in [-0.25, -0.2) is 4.39 Å². The van der Waals surface area contributed by atoms with Crippen molar-refractivity contribution in [1.29, 1.82) is 0 Å². The second-order valence-corrected chi connectivity index (χ2v) is 19.0. The lowest BCUT2D eigenvalue weighted by molar-refractivity contribution is -0.138. The van der Waals surface area contributed by atoms with Crippen LogP contribution in [0.2, 0.25) is 0 Å². The van der Waals surface area contributed by atoms with Gasteiger partial charge in [0, 0.05) is 77.2 Å². The second kappa shape index (κ2) is 26.3. The van der Waals surface area contributed by atoms with Crippen LogP contribution in [0.15, 0.2) is 115 Å². The van der Waals surface area contributed by atoms with Crippen molar-refractivity contribution in [2.75, 3.05) is 54.0 Å². The molecule has 4 fully saturated rings. The van der Waals surface area contributed by atoms with E-state index in [1.165, 1.54) is 37.5 Å². The Hall–Kier alpha value is -5.76. The maximum absolute atomic E-state index is 13.2. The van der Waals surface area contributed by atoms with Crippen molar-refractivity contribution in [1.82, 2.24) is 9.80 Å². The molecule has 0 radical (unpaired) electrons. The largest absolute Gasteiger partial charge is 0.505 e. The third-order valence-electron chi connectivity index (χ3n) is 13.6. The molecule has 2 unspecified atom stereocenters. The first-order valence-corrected chi connectivity index (χ1v) is 24.4. The first-order chi connectivity index (χ1) is 35.3. The number of rotatable bonds is 14. The van der Waals surface area contributed by atoms with E-state index in [0.717, 1.165) is 102 Å². The molecule has 2 saturated heterocycles. The molecular formula is C56H64F10N2O7. The van der Waals surface area contributed by atoms with Crippen LogP contribution in [0.5, 0.6) is 28.7 Å². The number of halogens is 10. The lowest BCUT2D eigenvalue weighted by Gasteiger charge is -2.47. The summed E-state index contributed by atoms with van der Waals surface area (Å²) in [5.74, 6) is 0.146. The van der Waals surface area contributed by atoms with Gasteiger partial charge in [-0.2, -0.15) is 39.5 Å². The minimum Gasteiger partial charge on any atom is -0.505 e. The minimum absolute atomic E-state index is 0. The number of alkyl halides is 9. The van der Waals surface area contributed by atoms with E-state index < -0.39 is 46.8 Å². The van der Waals surface area contributed by atoms with E-state index in [-0.39, 0.29) is 44.7 Å². The van der Waals surface area contributed by atoms with Crippen LogP contribution in [0, 0.1) is 29.5 Å². The Balaban J connectivity index is 0.000000198. The van der Waals surface area contributed by atoms with Gasteiger partial charge in [0.2, 0.25) is 0 Å². The molecule has 410 valence electrons. The maximum Gasteiger partial charge on any atom is 0.416 e. The zero-order valence-electron chi connectivity index (χ0n) is 40.9. The van der Waals surface area contributed by atoms with Crippen molar-refractivity contribution in [3.05, 3.63) is 149 Å². The molecule has 0 amide bonds. The third-order valence-corrected chi connectivity index (χ3v) is 13.6. The van der Waals surface area contributed by atoms with Gasteiger partial charge in [0.1, 0.15) is 12.2 Å². The molecule has 0 spiro atoms. The normalized spacial score (nSPS) is 21.8. The Morgan fingerprint density at radius 2 is 0.827 bits per heavy atom. The average molecular weight is 1070 g/mol. The molecule has 2 heterocycles. The zero-order valence-corrected chi connectivity index (χ0v) is 40.9. The van der Waals surface area contributed by atoms with Crippen LogP contribution in [0.1, 0.15) is 73.8 Å². The number of nitrogens with zero attached hydrogens (tertiary/aromatic N) is 2. The van der Waals surface area contributed by atoms with E-state index in [4.69, 9.17) is 33.5 Å². The smallest absolute Gasteiger partial charge is 0.416 e. The molecule has 5 aromatic rings. The van der Waals surface area contributed by atoms with Crippen molar-refractivity contribution in [3.8, 4) is 28.7 Å². The first-order valence-electron chi connectivity index (χ1n) is 24.4. The summed E-state index contributed by atoms with van der Waals surface area (Å²) in [4.78, 5) is 4.94. The Kier molecular flexibility index (Phi) is 20.5. The predicted octanol–water partition coefficient (Wildman–Crippen LogP) is 13.9. The molecule has 4 bridgehead atoms. The van der Waals surface area contributed by atoms with Gasteiger partial charge in [0.05, 0.1) is 16.7 Å². The highest BCUT2D eigenvalue weighted by Gasteiger charge is 2.43. The summed E-state index contributed by atoms with van der Waals surface area (Å²) in [7, 11) is 2.86. The summed E-state index contributed by atoms with van der Waals surface area (Å²) in [6, 6.07) is 29.1. The molecular weight excluding hydrogens is 1000 g/mol. The number of hydrogen-bond acceptors (Lipinski definition) is 9. The fourth-order valence-corrected chi connectivity index (χ4v) is 10.3. The molecule has 75 heavy (non-hydrogen) atoms. The molecule has 2 saturated carbocycles. The number of ether oxygens (including phenoxy) is 6.